The van der Waals surface area contributed by atoms with Crippen molar-refractivity contribution >= 4 is 41.6 Å². The molecule has 1 aliphatic rings. The van der Waals surface area contributed by atoms with E-state index in [-0.39, 0.29) is 25.3 Å². The molecule has 2 rings (SSSR count). The fourth-order valence-corrected chi connectivity index (χ4v) is 8.17. The molecule has 0 saturated heterocycles. The summed E-state index contributed by atoms with van der Waals surface area (Å²) >= 11 is 0. The number of allylic oxidation sites excluding steroid dienone is 3. The van der Waals surface area contributed by atoms with Gasteiger partial charge in [-0.3, -0.25) is 14.2 Å². The van der Waals surface area contributed by atoms with Crippen molar-refractivity contribution in [3.63, 3.8) is 0 Å². The van der Waals surface area contributed by atoms with E-state index in [2.05, 4.69) is 44.4 Å². The first-order valence-corrected chi connectivity index (χ1v) is 26.6. The average Bonchev–Trinajstić information content (AvgIpc) is 3.41. The molecule has 50 heavy (non-hydrogen) atoms. The number of hydrogen-bond acceptors (Lipinski definition) is 10. The summed E-state index contributed by atoms with van der Waals surface area (Å²) in [6.45, 7) is 21.8. The van der Waals surface area contributed by atoms with Crippen LogP contribution in [0.1, 0.15) is 54.2 Å². The van der Waals surface area contributed by atoms with Crippen molar-refractivity contribution in [2.24, 2.45) is 5.92 Å². The van der Waals surface area contributed by atoms with Crippen LogP contribution < -0.4 is 14.6 Å². The molecule has 0 radical (unpaired) electrons. The summed E-state index contributed by atoms with van der Waals surface area (Å²) in [5.41, 5.74) is 3.74. The van der Waals surface area contributed by atoms with Crippen molar-refractivity contribution in [2.75, 3.05) is 40.2 Å². The van der Waals surface area contributed by atoms with E-state index in [4.69, 9.17) is 28.2 Å². The lowest BCUT2D eigenvalue weighted by Crippen LogP contribution is -2.34. The van der Waals surface area contributed by atoms with E-state index in [1.165, 1.54) is 7.11 Å². The Morgan fingerprint density at radius 2 is 1.64 bits per heavy atom. The molecule has 0 bridgehead atoms. The van der Waals surface area contributed by atoms with Crippen LogP contribution >= 0.6 is 7.52 Å². The second kappa shape index (κ2) is 19.2. The van der Waals surface area contributed by atoms with Crippen LogP contribution in [-0.4, -0.2) is 80.3 Å². The van der Waals surface area contributed by atoms with Crippen LogP contribution in [0.4, 0.5) is 0 Å². The van der Waals surface area contributed by atoms with Crippen LogP contribution in [0.5, 0.6) is 11.5 Å². The summed E-state index contributed by atoms with van der Waals surface area (Å²) in [5.74, 6) is -0.829. The minimum atomic E-state index is -3.46. The number of hydrogen-bond donors (Lipinski definition) is 1. The fraction of sp³-hybridized carbons (Fsp3) is 0.639. The number of carbonyl (C=O) groups excluding carboxylic acids is 3. The normalized spacial score (nSPS) is 16.0. The molecule has 2 unspecified atom stereocenters. The van der Waals surface area contributed by atoms with Crippen molar-refractivity contribution in [1.29, 1.82) is 0 Å². The maximum absolute atomic E-state index is 13.4. The zero-order chi connectivity index (χ0) is 37.9. The van der Waals surface area contributed by atoms with Gasteiger partial charge in [-0.25, -0.2) is 9.88 Å². The van der Waals surface area contributed by atoms with Crippen LogP contribution in [0, 0.1) is 12.8 Å². The van der Waals surface area contributed by atoms with Gasteiger partial charge >= 0.3 is 17.9 Å². The van der Waals surface area contributed by atoms with Gasteiger partial charge in [0.05, 0.1) is 39.0 Å². The molecule has 0 fully saturated rings. The summed E-state index contributed by atoms with van der Waals surface area (Å²) in [5, 5.41) is 2.75. The third-order valence-corrected chi connectivity index (χ3v) is 13.8. The van der Waals surface area contributed by atoms with Crippen molar-refractivity contribution in [3.05, 3.63) is 46.1 Å². The van der Waals surface area contributed by atoms with Gasteiger partial charge in [-0.15, -0.1) is 0 Å². The lowest BCUT2D eigenvalue weighted by atomic mass is 9.93. The van der Waals surface area contributed by atoms with Crippen LogP contribution in [0.15, 0.2) is 23.8 Å². The first kappa shape index (κ1) is 43.5. The van der Waals surface area contributed by atoms with Crippen LogP contribution in [0.25, 0.3) is 0 Å². The van der Waals surface area contributed by atoms with Gasteiger partial charge in [0.1, 0.15) is 29.7 Å². The second-order valence-corrected chi connectivity index (χ2v) is 28.7. The van der Waals surface area contributed by atoms with Gasteiger partial charge in [0, 0.05) is 34.4 Å². The van der Waals surface area contributed by atoms with Crippen molar-refractivity contribution in [2.45, 2.75) is 105 Å². The monoisotopic (exact) mass is 753 g/mol. The first-order valence-electron chi connectivity index (χ1n) is 17.4. The second-order valence-electron chi connectivity index (χ2n) is 15.2. The summed E-state index contributed by atoms with van der Waals surface area (Å²) < 4.78 is 47.1. The summed E-state index contributed by atoms with van der Waals surface area (Å²) in [4.78, 5) is 38.4. The van der Waals surface area contributed by atoms with Gasteiger partial charge in [-0.1, -0.05) is 63.1 Å². The van der Waals surface area contributed by atoms with Crippen molar-refractivity contribution in [3.8, 4) is 11.5 Å². The molecule has 1 N–H and O–H groups in total. The Labute approximate surface area is 301 Å². The quantitative estimate of drug-likeness (QED) is 0.0435. The number of methoxy groups -OCH3 is 1. The molecule has 1 aromatic rings. The predicted octanol–water partition coefficient (Wildman–Crippen LogP) is 7.70. The van der Waals surface area contributed by atoms with Gasteiger partial charge in [-0.2, -0.15) is 0 Å². The molecule has 1 heterocycles. The van der Waals surface area contributed by atoms with E-state index >= 15 is 0 Å². The lowest BCUT2D eigenvalue weighted by molar-refractivity contribution is -0.146. The minimum absolute atomic E-state index is 0.0471. The first-order chi connectivity index (χ1) is 23.3. The van der Waals surface area contributed by atoms with Crippen LogP contribution in [0.2, 0.25) is 51.4 Å². The van der Waals surface area contributed by atoms with E-state index < -0.39 is 47.6 Å². The lowest BCUT2D eigenvalue weighted by Gasteiger charge is -2.22. The molecule has 1 aliphatic heterocycles. The summed E-state index contributed by atoms with van der Waals surface area (Å²) in [6.07, 6.45) is 6.02. The SMILES string of the molecule is CCOC(=O)[C@H](C)NP(=O)(C/C=C/C(C/C(C)=C/Cc1c(OC)c(C)c2c(c1OCC[Si](C)(C)C)C(=O)OC2)C(=O)OCC[Si](C)(C)C)OC. The molecule has 1 aromatic carbocycles. The third-order valence-electron chi connectivity index (χ3n) is 8.36. The van der Waals surface area contributed by atoms with E-state index in [1.807, 2.05) is 19.9 Å². The standard InChI is InChI=1S/C36H60NO10PSi2/c1-13-44-34(38)27(4)37-48(41,43-6)20-14-15-28(35(39)46-19-22-50(10,11)12)23-25(2)16-17-29-32(42-5)26(3)30-24-47-36(40)31(30)33(29)45-18-21-49(7,8)9/h14-16,27-28H,13,17-24H2,1-12H3,(H,37,41)/b15-14+,25-16+/t27-,28?,48?/m0/s1. The molecule has 3 atom stereocenters. The maximum atomic E-state index is 13.4. The number of rotatable bonds is 21. The Balaban J connectivity index is 2.40. The number of ether oxygens (including phenoxy) is 5. The molecular formula is C36H60NO10PSi2. The van der Waals surface area contributed by atoms with Crippen LogP contribution in [0.3, 0.4) is 0 Å². The Morgan fingerprint density at radius 3 is 2.22 bits per heavy atom. The molecule has 0 saturated carbocycles. The van der Waals surface area contributed by atoms with Gasteiger partial charge in [0.2, 0.25) is 0 Å². The highest BCUT2D eigenvalue weighted by molar-refractivity contribution is 7.57. The highest BCUT2D eigenvalue weighted by atomic mass is 31.2. The maximum Gasteiger partial charge on any atom is 0.342 e. The van der Waals surface area contributed by atoms with Crippen molar-refractivity contribution < 1.29 is 47.2 Å². The van der Waals surface area contributed by atoms with Gasteiger partial charge in [0.15, 0.2) is 0 Å². The molecule has 0 aliphatic carbocycles. The predicted molar refractivity (Wildman–Crippen MR) is 203 cm³/mol. The van der Waals surface area contributed by atoms with E-state index in [1.54, 1.807) is 33.1 Å². The number of nitrogens with one attached hydrogen (secondary N) is 1. The minimum Gasteiger partial charge on any atom is -0.496 e. The number of esters is 3. The highest BCUT2D eigenvalue weighted by Gasteiger charge is 2.33. The Kier molecular flexibility index (Phi) is 16.7. The Morgan fingerprint density at radius 1 is 1.00 bits per heavy atom. The summed E-state index contributed by atoms with van der Waals surface area (Å²) in [6, 6.07) is 0.911. The molecule has 0 amide bonds. The van der Waals surface area contributed by atoms with Crippen LogP contribution in [-0.2, 0) is 45.9 Å². The van der Waals surface area contributed by atoms with Gasteiger partial charge in [0.25, 0.3) is 7.52 Å². The largest absolute Gasteiger partial charge is 0.496 e. The van der Waals surface area contributed by atoms with Gasteiger partial charge < -0.3 is 28.2 Å². The molecule has 0 aromatic heterocycles. The number of cyclic esters (lactones) is 1. The fourth-order valence-electron chi connectivity index (χ4n) is 5.29. The zero-order valence-corrected chi connectivity index (χ0v) is 35.2. The molecular weight excluding hydrogens is 694 g/mol. The highest BCUT2D eigenvalue weighted by Crippen LogP contribution is 2.44. The molecule has 282 valence electrons. The molecule has 14 heteroatoms. The van der Waals surface area contributed by atoms with E-state index in [0.717, 1.165) is 34.4 Å². The Bertz CT molecular complexity index is 1460. The average molecular weight is 754 g/mol. The molecule has 11 nitrogen and oxygen atoms in total. The van der Waals surface area contributed by atoms with Crippen molar-refractivity contribution in [1.82, 2.24) is 5.09 Å². The molecule has 0 spiro atoms. The topological polar surface area (TPSA) is 136 Å². The van der Waals surface area contributed by atoms with E-state index in [9.17, 15) is 18.9 Å². The number of carbonyl (C=O) groups is 3. The van der Waals surface area contributed by atoms with Gasteiger partial charge in [-0.05, 0) is 58.2 Å². The number of fused-ring (bicyclic) bond motifs is 1. The number of benzene rings is 1. The zero-order valence-electron chi connectivity index (χ0n) is 32.3. The van der Waals surface area contributed by atoms with E-state index in [0.29, 0.717) is 43.1 Å². The summed E-state index contributed by atoms with van der Waals surface area (Å²) in [7, 11) is -3.40. The Hall–Kier alpha value is -2.71. The smallest absolute Gasteiger partial charge is 0.342 e. The third kappa shape index (κ3) is 13.4.